The molecule has 0 atom stereocenters. The third kappa shape index (κ3) is 3.64. The van der Waals surface area contributed by atoms with E-state index in [0.717, 1.165) is 64.8 Å². The number of rotatable bonds is 5. The number of fused-ring (bicyclic) bond motifs is 2. The summed E-state index contributed by atoms with van der Waals surface area (Å²) in [5, 5.41) is 0.741. The van der Waals surface area contributed by atoms with E-state index in [2.05, 4.69) is 35.0 Å². The standard InChI is InChI=1S/C21H25N3O2S/c1-4-9-26-17-6-5-16-11-24(8-7-15(16)10-17)12-18-22-20(25)19-13(2)14(3)27-21(19)23-18/h5-6,10H,4,7-9,11-12H2,1-3H3,(H,22,23,25). The number of nitrogens with zero attached hydrogens (tertiary/aromatic N) is 2. The fraction of sp³-hybridized carbons (Fsp3) is 0.429. The first-order valence-corrected chi connectivity index (χ1v) is 10.3. The Bertz CT molecular complexity index is 1040. The molecule has 0 unspecified atom stereocenters. The van der Waals surface area contributed by atoms with Crippen LogP contribution in [-0.2, 0) is 19.5 Å². The van der Waals surface area contributed by atoms with E-state index in [9.17, 15) is 4.79 Å². The largest absolute Gasteiger partial charge is 0.494 e. The average Bonchev–Trinajstić information content (AvgIpc) is 2.94. The quantitative estimate of drug-likeness (QED) is 0.725. The lowest BCUT2D eigenvalue weighted by Gasteiger charge is -2.28. The number of aryl methyl sites for hydroxylation is 2. The molecule has 1 aliphatic heterocycles. The molecule has 3 heterocycles. The van der Waals surface area contributed by atoms with E-state index < -0.39 is 0 Å². The van der Waals surface area contributed by atoms with Crippen molar-refractivity contribution >= 4 is 21.6 Å². The minimum absolute atomic E-state index is 0.0213. The van der Waals surface area contributed by atoms with Gasteiger partial charge in [-0.2, -0.15) is 0 Å². The van der Waals surface area contributed by atoms with Crippen LogP contribution in [0.3, 0.4) is 0 Å². The van der Waals surface area contributed by atoms with Crippen molar-refractivity contribution in [2.24, 2.45) is 0 Å². The maximum atomic E-state index is 12.5. The van der Waals surface area contributed by atoms with E-state index in [1.807, 2.05) is 13.8 Å². The first-order chi connectivity index (χ1) is 13.0. The molecule has 1 N–H and O–H groups in total. The van der Waals surface area contributed by atoms with Crippen molar-refractivity contribution in [1.29, 1.82) is 0 Å². The Morgan fingerprint density at radius 2 is 2.15 bits per heavy atom. The molecule has 0 radical (unpaired) electrons. The Morgan fingerprint density at radius 1 is 1.30 bits per heavy atom. The van der Waals surface area contributed by atoms with Gasteiger partial charge in [-0.05, 0) is 55.5 Å². The van der Waals surface area contributed by atoms with Gasteiger partial charge in [0.05, 0.1) is 18.5 Å². The van der Waals surface area contributed by atoms with Gasteiger partial charge in [0.2, 0.25) is 0 Å². The second kappa shape index (κ2) is 7.44. The van der Waals surface area contributed by atoms with Gasteiger partial charge in [0, 0.05) is 18.0 Å². The molecular weight excluding hydrogens is 358 g/mol. The molecule has 0 bridgehead atoms. The molecule has 0 spiro atoms. The first-order valence-electron chi connectivity index (χ1n) is 9.51. The fourth-order valence-electron chi connectivity index (χ4n) is 3.62. The average molecular weight is 384 g/mol. The molecule has 1 aromatic carbocycles. The highest BCUT2D eigenvalue weighted by Gasteiger charge is 2.19. The summed E-state index contributed by atoms with van der Waals surface area (Å²) in [6, 6.07) is 6.39. The summed E-state index contributed by atoms with van der Waals surface area (Å²) in [6.45, 7) is 9.39. The summed E-state index contributed by atoms with van der Waals surface area (Å²) in [5.74, 6) is 1.71. The molecule has 6 heteroatoms. The summed E-state index contributed by atoms with van der Waals surface area (Å²) in [6.07, 6.45) is 2.01. The molecule has 4 rings (SSSR count). The molecule has 0 saturated carbocycles. The number of ether oxygens (including phenoxy) is 1. The Kier molecular flexibility index (Phi) is 5.02. The topological polar surface area (TPSA) is 58.2 Å². The van der Waals surface area contributed by atoms with Crippen molar-refractivity contribution in [2.75, 3.05) is 13.2 Å². The second-order valence-electron chi connectivity index (χ2n) is 7.22. The van der Waals surface area contributed by atoms with E-state index >= 15 is 0 Å². The van der Waals surface area contributed by atoms with Crippen LogP contribution >= 0.6 is 11.3 Å². The van der Waals surface area contributed by atoms with Crippen LogP contribution in [0.4, 0.5) is 0 Å². The molecule has 142 valence electrons. The normalized spacial score (nSPS) is 14.5. The molecule has 0 saturated heterocycles. The molecule has 0 fully saturated rings. The number of hydrogen-bond donors (Lipinski definition) is 1. The molecule has 0 amide bonds. The lowest BCUT2D eigenvalue weighted by molar-refractivity contribution is 0.239. The van der Waals surface area contributed by atoms with Crippen LogP contribution in [0.5, 0.6) is 5.75 Å². The highest BCUT2D eigenvalue weighted by molar-refractivity contribution is 7.18. The van der Waals surface area contributed by atoms with E-state index in [-0.39, 0.29) is 5.56 Å². The molecule has 1 aliphatic rings. The number of benzene rings is 1. The highest BCUT2D eigenvalue weighted by Crippen LogP contribution is 2.27. The van der Waals surface area contributed by atoms with E-state index in [1.54, 1.807) is 11.3 Å². The van der Waals surface area contributed by atoms with Crippen molar-refractivity contribution in [3.8, 4) is 5.75 Å². The zero-order valence-electron chi connectivity index (χ0n) is 16.1. The minimum atomic E-state index is -0.0213. The van der Waals surface area contributed by atoms with Gasteiger partial charge in [0.1, 0.15) is 16.4 Å². The Hall–Kier alpha value is -2.18. The Labute approximate surface area is 163 Å². The minimum Gasteiger partial charge on any atom is -0.494 e. The Morgan fingerprint density at radius 3 is 2.96 bits per heavy atom. The number of aromatic nitrogens is 2. The van der Waals surface area contributed by atoms with Gasteiger partial charge in [-0.1, -0.05) is 13.0 Å². The maximum Gasteiger partial charge on any atom is 0.259 e. The van der Waals surface area contributed by atoms with Gasteiger partial charge in [0.25, 0.3) is 5.56 Å². The summed E-state index contributed by atoms with van der Waals surface area (Å²) in [7, 11) is 0. The SMILES string of the molecule is CCCOc1ccc2c(c1)CCN(Cc1nc3sc(C)c(C)c3c(=O)[nH]1)C2. The van der Waals surface area contributed by atoms with E-state index in [0.29, 0.717) is 6.54 Å². The molecule has 27 heavy (non-hydrogen) atoms. The van der Waals surface area contributed by atoms with Crippen LogP contribution in [0.15, 0.2) is 23.0 Å². The predicted octanol–water partition coefficient (Wildman–Crippen LogP) is 3.95. The van der Waals surface area contributed by atoms with Crippen LogP contribution in [0, 0.1) is 13.8 Å². The van der Waals surface area contributed by atoms with Crippen molar-refractivity contribution in [3.05, 3.63) is 55.9 Å². The maximum absolute atomic E-state index is 12.5. The smallest absolute Gasteiger partial charge is 0.259 e. The summed E-state index contributed by atoms with van der Waals surface area (Å²) >= 11 is 1.60. The number of hydrogen-bond acceptors (Lipinski definition) is 5. The van der Waals surface area contributed by atoms with E-state index in [1.165, 1.54) is 11.1 Å². The van der Waals surface area contributed by atoms with Gasteiger partial charge in [-0.15, -0.1) is 11.3 Å². The van der Waals surface area contributed by atoms with Crippen molar-refractivity contribution in [2.45, 2.75) is 46.7 Å². The summed E-state index contributed by atoms with van der Waals surface area (Å²) in [4.78, 5) is 24.5. The third-order valence-corrected chi connectivity index (χ3v) is 6.30. The summed E-state index contributed by atoms with van der Waals surface area (Å²) in [5.41, 5.74) is 3.72. The van der Waals surface area contributed by atoms with Crippen LogP contribution < -0.4 is 10.3 Å². The number of aromatic amines is 1. The van der Waals surface area contributed by atoms with Gasteiger partial charge in [-0.3, -0.25) is 9.69 Å². The number of H-pyrrole nitrogens is 1. The van der Waals surface area contributed by atoms with Gasteiger partial charge in [0.15, 0.2) is 0 Å². The molecule has 0 aliphatic carbocycles. The monoisotopic (exact) mass is 383 g/mol. The molecule has 2 aromatic heterocycles. The van der Waals surface area contributed by atoms with E-state index in [4.69, 9.17) is 9.72 Å². The predicted molar refractivity (Wildman–Crippen MR) is 110 cm³/mol. The van der Waals surface area contributed by atoms with Gasteiger partial charge >= 0.3 is 0 Å². The third-order valence-electron chi connectivity index (χ3n) is 5.20. The lowest BCUT2D eigenvalue weighted by Crippen LogP contribution is -2.31. The highest BCUT2D eigenvalue weighted by atomic mass is 32.1. The zero-order chi connectivity index (χ0) is 19.0. The first kappa shape index (κ1) is 18.2. The van der Waals surface area contributed by atoms with Crippen molar-refractivity contribution in [1.82, 2.24) is 14.9 Å². The lowest BCUT2D eigenvalue weighted by atomic mass is 9.99. The van der Waals surface area contributed by atoms with Crippen LogP contribution in [0.25, 0.3) is 10.2 Å². The molecule has 3 aromatic rings. The van der Waals surface area contributed by atoms with Crippen LogP contribution in [-0.4, -0.2) is 28.0 Å². The molecule has 5 nitrogen and oxygen atoms in total. The van der Waals surface area contributed by atoms with Crippen molar-refractivity contribution in [3.63, 3.8) is 0 Å². The van der Waals surface area contributed by atoms with Crippen LogP contribution in [0.1, 0.15) is 40.7 Å². The molecular formula is C21H25N3O2S. The van der Waals surface area contributed by atoms with Crippen LogP contribution in [0.2, 0.25) is 0 Å². The number of thiophene rings is 1. The zero-order valence-corrected chi connectivity index (χ0v) is 16.9. The fourth-order valence-corrected chi connectivity index (χ4v) is 4.67. The number of nitrogens with one attached hydrogen (secondary N) is 1. The van der Waals surface area contributed by atoms with Gasteiger partial charge < -0.3 is 9.72 Å². The summed E-state index contributed by atoms with van der Waals surface area (Å²) < 4.78 is 5.75. The Balaban J connectivity index is 1.51. The van der Waals surface area contributed by atoms with Gasteiger partial charge in [-0.25, -0.2) is 4.98 Å². The van der Waals surface area contributed by atoms with Crippen molar-refractivity contribution < 1.29 is 4.74 Å². The second-order valence-corrected chi connectivity index (χ2v) is 8.42.